The van der Waals surface area contributed by atoms with Gasteiger partial charge in [0.1, 0.15) is 5.60 Å². The van der Waals surface area contributed by atoms with Gasteiger partial charge in [-0.25, -0.2) is 4.79 Å². The van der Waals surface area contributed by atoms with Crippen molar-refractivity contribution in [3.8, 4) is 0 Å². The van der Waals surface area contributed by atoms with E-state index in [2.05, 4.69) is 4.98 Å². The molecule has 3 rings (SSSR count). The first-order valence-electron chi connectivity index (χ1n) is 10.4. The summed E-state index contributed by atoms with van der Waals surface area (Å²) in [4.78, 5) is 32.6. The molecule has 1 aromatic rings. The van der Waals surface area contributed by atoms with Crippen molar-refractivity contribution in [3.05, 3.63) is 30.1 Å². The Morgan fingerprint density at radius 3 is 2.32 bits per heavy atom. The number of ether oxygens (including phenoxy) is 1. The van der Waals surface area contributed by atoms with Crippen molar-refractivity contribution in [2.75, 3.05) is 26.7 Å². The van der Waals surface area contributed by atoms with Crippen molar-refractivity contribution in [2.45, 2.75) is 58.0 Å². The van der Waals surface area contributed by atoms with Gasteiger partial charge in [0.05, 0.1) is 0 Å². The van der Waals surface area contributed by atoms with Crippen molar-refractivity contribution in [2.24, 2.45) is 11.8 Å². The van der Waals surface area contributed by atoms with Crippen LogP contribution in [-0.4, -0.2) is 59.1 Å². The smallest absolute Gasteiger partial charge is 0.410 e. The average Bonchev–Trinajstić information content (AvgIpc) is 2.60. The summed E-state index contributed by atoms with van der Waals surface area (Å²) in [5, 5.41) is 0. The van der Waals surface area contributed by atoms with Gasteiger partial charge in [-0.1, -0.05) is 0 Å². The second-order valence-corrected chi connectivity index (χ2v) is 9.30. The molecule has 0 atom stereocenters. The Morgan fingerprint density at radius 1 is 1.14 bits per heavy atom. The number of amides is 2. The number of rotatable bonds is 4. The van der Waals surface area contributed by atoms with Crippen LogP contribution in [0.5, 0.6) is 0 Å². The molecule has 0 N–H and O–H groups in total. The van der Waals surface area contributed by atoms with Crippen molar-refractivity contribution in [3.63, 3.8) is 0 Å². The SMILES string of the molecule is CN(C[C@H]1CC[C@H](C(=O)N2CC(c3ccncc3)C2)CC1)C(=O)OC(C)(C)C. The molecule has 2 aliphatic rings. The van der Waals surface area contributed by atoms with Gasteiger partial charge in [0.15, 0.2) is 0 Å². The predicted octanol–water partition coefficient (Wildman–Crippen LogP) is 3.68. The fourth-order valence-corrected chi connectivity index (χ4v) is 4.16. The van der Waals surface area contributed by atoms with Gasteiger partial charge in [-0.05, 0) is 70.1 Å². The summed E-state index contributed by atoms with van der Waals surface area (Å²) in [6.45, 7) is 7.98. The van der Waals surface area contributed by atoms with Gasteiger partial charge in [-0.2, -0.15) is 0 Å². The molecule has 2 fully saturated rings. The van der Waals surface area contributed by atoms with E-state index in [0.29, 0.717) is 24.3 Å². The number of hydrogen-bond acceptors (Lipinski definition) is 4. The van der Waals surface area contributed by atoms with Crippen LogP contribution >= 0.6 is 0 Å². The minimum absolute atomic E-state index is 0.140. The van der Waals surface area contributed by atoms with Gasteiger partial charge >= 0.3 is 6.09 Å². The molecule has 2 heterocycles. The minimum atomic E-state index is -0.471. The standard InChI is InChI=1S/C22H33N3O3/c1-22(2,3)28-21(27)24(4)13-16-5-7-18(8-6-16)20(26)25-14-19(15-25)17-9-11-23-12-10-17/h9-12,16,18-19H,5-8,13-15H2,1-4H3/t16-,18-. The molecule has 0 unspecified atom stereocenters. The Morgan fingerprint density at radius 2 is 1.75 bits per heavy atom. The van der Waals surface area contributed by atoms with Gasteiger partial charge in [-0.3, -0.25) is 9.78 Å². The van der Waals surface area contributed by atoms with Crippen molar-refractivity contribution in [1.29, 1.82) is 0 Å². The third-order valence-corrected chi connectivity index (χ3v) is 5.80. The number of hydrogen-bond donors (Lipinski definition) is 0. The molecular formula is C22H33N3O3. The predicted molar refractivity (Wildman–Crippen MR) is 108 cm³/mol. The van der Waals surface area contributed by atoms with E-state index in [0.717, 1.165) is 38.8 Å². The van der Waals surface area contributed by atoms with Gasteiger partial charge < -0.3 is 14.5 Å². The highest BCUT2D eigenvalue weighted by atomic mass is 16.6. The topological polar surface area (TPSA) is 62.7 Å². The van der Waals surface area contributed by atoms with Crippen molar-refractivity contribution < 1.29 is 14.3 Å². The maximum atomic E-state index is 12.8. The van der Waals surface area contributed by atoms with E-state index in [1.54, 1.807) is 11.9 Å². The third kappa shape index (κ3) is 5.24. The van der Waals surface area contributed by atoms with E-state index in [1.165, 1.54) is 5.56 Å². The van der Waals surface area contributed by atoms with Crippen LogP contribution in [0, 0.1) is 11.8 Å². The van der Waals surface area contributed by atoms with Crippen LogP contribution in [0.3, 0.4) is 0 Å². The summed E-state index contributed by atoms with van der Waals surface area (Å²) in [5.74, 6) is 1.35. The number of aromatic nitrogens is 1. The largest absolute Gasteiger partial charge is 0.444 e. The Labute approximate surface area is 168 Å². The third-order valence-electron chi connectivity index (χ3n) is 5.80. The molecule has 28 heavy (non-hydrogen) atoms. The van der Waals surface area contributed by atoms with Crippen LogP contribution in [0.1, 0.15) is 57.9 Å². The Bertz CT molecular complexity index is 672. The Kier molecular flexibility index (Phi) is 6.26. The maximum absolute atomic E-state index is 12.8. The highest BCUT2D eigenvalue weighted by molar-refractivity contribution is 5.80. The van der Waals surface area contributed by atoms with Crippen LogP contribution in [-0.2, 0) is 9.53 Å². The lowest BCUT2D eigenvalue weighted by molar-refractivity contribution is -0.141. The number of nitrogens with zero attached hydrogens (tertiary/aromatic N) is 3. The quantitative estimate of drug-likeness (QED) is 0.791. The van der Waals surface area contributed by atoms with E-state index in [4.69, 9.17) is 4.74 Å². The molecule has 0 radical (unpaired) electrons. The lowest BCUT2D eigenvalue weighted by Gasteiger charge is -2.42. The summed E-state index contributed by atoms with van der Waals surface area (Å²) < 4.78 is 5.42. The number of carbonyl (C=O) groups is 2. The zero-order valence-electron chi connectivity index (χ0n) is 17.6. The zero-order chi connectivity index (χ0) is 20.3. The lowest BCUT2D eigenvalue weighted by atomic mass is 9.80. The molecular weight excluding hydrogens is 354 g/mol. The van der Waals surface area contributed by atoms with Crippen molar-refractivity contribution in [1.82, 2.24) is 14.8 Å². The molecule has 1 saturated carbocycles. The highest BCUT2D eigenvalue weighted by Crippen LogP contribution is 2.34. The second kappa shape index (κ2) is 8.50. The van der Waals surface area contributed by atoms with Gasteiger partial charge in [0, 0.05) is 50.9 Å². The van der Waals surface area contributed by atoms with Gasteiger partial charge in [0.25, 0.3) is 0 Å². The minimum Gasteiger partial charge on any atom is -0.444 e. The van der Waals surface area contributed by atoms with E-state index < -0.39 is 5.60 Å². The molecule has 2 amide bonds. The first-order chi connectivity index (χ1) is 13.2. The fraction of sp³-hybridized carbons (Fsp3) is 0.682. The van der Waals surface area contributed by atoms with Crippen LogP contribution in [0.25, 0.3) is 0 Å². The van der Waals surface area contributed by atoms with Crippen LogP contribution in [0.15, 0.2) is 24.5 Å². The molecule has 0 spiro atoms. The van der Waals surface area contributed by atoms with E-state index in [-0.39, 0.29) is 12.0 Å². The van der Waals surface area contributed by atoms with Crippen molar-refractivity contribution >= 4 is 12.0 Å². The molecule has 0 bridgehead atoms. The normalized spacial score (nSPS) is 23.1. The number of pyridine rings is 1. The molecule has 1 aliphatic heterocycles. The molecule has 0 aromatic carbocycles. The van der Waals surface area contributed by atoms with E-state index in [1.807, 2.05) is 50.2 Å². The monoisotopic (exact) mass is 387 g/mol. The summed E-state index contributed by atoms with van der Waals surface area (Å²) in [5.41, 5.74) is 0.800. The summed E-state index contributed by atoms with van der Waals surface area (Å²) in [7, 11) is 1.80. The lowest BCUT2D eigenvalue weighted by Crippen LogP contribution is -2.51. The van der Waals surface area contributed by atoms with Gasteiger partial charge in [0.2, 0.25) is 5.91 Å². The Balaban J connectivity index is 1.39. The number of likely N-dealkylation sites (tertiary alicyclic amines) is 1. The Hall–Kier alpha value is -2.11. The fourth-order valence-electron chi connectivity index (χ4n) is 4.16. The molecule has 6 heteroatoms. The average molecular weight is 388 g/mol. The molecule has 6 nitrogen and oxygen atoms in total. The van der Waals surface area contributed by atoms with E-state index in [9.17, 15) is 9.59 Å². The van der Waals surface area contributed by atoms with Crippen LogP contribution in [0.2, 0.25) is 0 Å². The summed E-state index contributed by atoms with van der Waals surface area (Å²) in [6.07, 6.45) is 7.18. The number of carbonyl (C=O) groups excluding carboxylic acids is 2. The molecule has 1 saturated heterocycles. The molecule has 1 aliphatic carbocycles. The van der Waals surface area contributed by atoms with E-state index >= 15 is 0 Å². The first-order valence-corrected chi connectivity index (χ1v) is 10.4. The maximum Gasteiger partial charge on any atom is 0.410 e. The summed E-state index contributed by atoms with van der Waals surface area (Å²) >= 11 is 0. The van der Waals surface area contributed by atoms with Crippen LogP contribution < -0.4 is 0 Å². The molecule has 1 aromatic heterocycles. The van der Waals surface area contributed by atoms with Gasteiger partial charge in [-0.15, -0.1) is 0 Å². The highest BCUT2D eigenvalue weighted by Gasteiger charge is 2.37. The second-order valence-electron chi connectivity index (χ2n) is 9.30. The van der Waals surface area contributed by atoms with Crippen LogP contribution in [0.4, 0.5) is 4.79 Å². The molecule has 154 valence electrons. The summed E-state index contributed by atoms with van der Waals surface area (Å²) in [6, 6.07) is 4.08. The zero-order valence-corrected chi connectivity index (χ0v) is 17.6. The first kappa shape index (κ1) is 20.6.